The van der Waals surface area contributed by atoms with Crippen LogP contribution in [0.5, 0.6) is 0 Å². The van der Waals surface area contributed by atoms with Gasteiger partial charge in [-0.15, -0.1) is 0 Å². The molecule has 4 nitrogen and oxygen atoms in total. The Kier molecular flexibility index (Phi) is 6.99. The molecule has 3 aromatic carbocycles. The van der Waals surface area contributed by atoms with E-state index in [1.54, 1.807) is 31.2 Å². The van der Waals surface area contributed by atoms with Crippen LogP contribution in [-0.4, -0.2) is 10.9 Å². The maximum Gasteiger partial charge on any atom is 0.416 e. The Balaban J connectivity index is 1.85. The molecule has 0 atom stereocenters. The van der Waals surface area contributed by atoms with Gasteiger partial charge in [-0.2, -0.15) is 13.2 Å². The van der Waals surface area contributed by atoms with Crippen molar-refractivity contribution in [2.75, 3.05) is 4.90 Å². The Morgan fingerprint density at radius 1 is 0.972 bits per heavy atom. The van der Waals surface area contributed by atoms with Crippen molar-refractivity contribution in [3.8, 4) is 11.1 Å². The zero-order valence-electron chi connectivity index (χ0n) is 18.9. The van der Waals surface area contributed by atoms with Crippen LogP contribution in [0.4, 0.5) is 23.2 Å². The summed E-state index contributed by atoms with van der Waals surface area (Å²) < 4.78 is 53.8. The minimum Gasteiger partial charge on any atom is -0.325 e. The number of nitrogens with one attached hydrogen (secondary N) is 1. The van der Waals surface area contributed by atoms with E-state index in [1.165, 1.54) is 24.3 Å². The number of H-pyrrole nitrogens is 1. The zero-order valence-corrected chi connectivity index (χ0v) is 19.6. The summed E-state index contributed by atoms with van der Waals surface area (Å²) in [5.41, 5.74) is 0.108. The lowest BCUT2D eigenvalue weighted by Gasteiger charge is -2.24. The Labute approximate surface area is 208 Å². The summed E-state index contributed by atoms with van der Waals surface area (Å²) in [4.78, 5) is 30.2. The maximum atomic E-state index is 13.7. The zero-order chi connectivity index (χ0) is 26.0. The van der Waals surface area contributed by atoms with E-state index in [-0.39, 0.29) is 28.4 Å². The molecule has 9 heteroatoms. The minimum absolute atomic E-state index is 0.0115. The number of benzene rings is 3. The number of amides is 1. The summed E-state index contributed by atoms with van der Waals surface area (Å²) in [7, 11) is 0. The SMILES string of the molecule is Cc1[nH]c(=O)c(C(=O)N(Cc2ccc(F)cc2Cl)c2cccc(C(F)(F)F)c2)cc1-c1ccccc1. The molecule has 0 unspecified atom stereocenters. The number of carbonyl (C=O) groups excluding carboxylic acids is 1. The highest BCUT2D eigenvalue weighted by Crippen LogP contribution is 2.33. The third-order valence-electron chi connectivity index (χ3n) is 5.63. The van der Waals surface area contributed by atoms with E-state index in [2.05, 4.69) is 4.98 Å². The maximum absolute atomic E-state index is 13.7. The van der Waals surface area contributed by atoms with Gasteiger partial charge in [0, 0.05) is 22.0 Å². The van der Waals surface area contributed by atoms with Crippen molar-refractivity contribution < 1.29 is 22.4 Å². The van der Waals surface area contributed by atoms with Crippen molar-refractivity contribution in [3.05, 3.63) is 122 Å². The van der Waals surface area contributed by atoms with Gasteiger partial charge in [-0.25, -0.2) is 4.39 Å². The molecule has 36 heavy (non-hydrogen) atoms. The topological polar surface area (TPSA) is 53.2 Å². The summed E-state index contributed by atoms with van der Waals surface area (Å²) in [6.07, 6.45) is -4.65. The van der Waals surface area contributed by atoms with Crippen LogP contribution in [0.25, 0.3) is 11.1 Å². The number of hydrogen-bond donors (Lipinski definition) is 1. The lowest BCUT2D eigenvalue weighted by atomic mass is 10.0. The molecule has 0 saturated heterocycles. The molecule has 0 aliphatic carbocycles. The highest BCUT2D eigenvalue weighted by atomic mass is 35.5. The van der Waals surface area contributed by atoms with E-state index in [0.717, 1.165) is 34.7 Å². The van der Waals surface area contributed by atoms with E-state index < -0.39 is 29.0 Å². The van der Waals surface area contributed by atoms with Crippen molar-refractivity contribution in [2.24, 2.45) is 0 Å². The molecule has 1 amide bonds. The molecule has 0 fully saturated rings. The largest absolute Gasteiger partial charge is 0.416 e. The Hall–Kier alpha value is -3.91. The number of aromatic amines is 1. The average molecular weight is 515 g/mol. The number of aromatic nitrogens is 1. The first-order valence-electron chi connectivity index (χ1n) is 10.8. The monoisotopic (exact) mass is 514 g/mol. The number of aryl methyl sites for hydroxylation is 1. The first-order valence-corrected chi connectivity index (χ1v) is 11.1. The predicted molar refractivity (Wildman–Crippen MR) is 131 cm³/mol. The number of pyridine rings is 1. The fourth-order valence-electron chi connectivity index (χ4n) is 3.80. The van der Waals surface area contributed by atoms with Crippen LogP contribution < -0.4 is 10.5 Å². The molecule has 0 saturated carbocycles. The van der Waals surface area contributed by atoms with Gasteiger partial charge < -0.3 is 9.88 Å². The molecular weight excluding hydrogens is 496 g/mol. The molecule has 184 valence electrons. The molecular formula is C27H19ClF4N2O2. The Morgan fingerprint density at radius 2 is 1.69 bits per heavy atom. The molecule has 0 aliphatic heterocycles. The van der Waals surface area contributed by atoms with E-state index >= 15 is 0 Å². The number of halogens is 5. The molecule has 4 rings (SSSR count). The third kappa shape index (κ3) is 5.33. The standard InChI is InChI=1S/C27H19ClF4N2O2/c1-16-22(17-6-3-2-4-7-17)14-23(25(35)33-16)26(36)34(15-18-10-11-20(29)13-24(18)28)21-9-5-8-19(12-21)27(30,31)32/h2-14H,15H2,1H3,(H,33,35). The van der Waals surface area contributed by atoms with Crippen LogP contribution in [0, 0.1) is 12.7 Å². The van der Waals surface area contributed by atoms with Crippen LogP contribution in [0.1, 0.15) is 27.2 Å². The van der Waals surface area contributed by atoms with Crippen LogP contribution in [0.15, 0.2) is 83.7 Å². The van der Waals surface area contributed by atoms with Gasteiger partial charge in [-0.05, 0) is 54.4 Å². The number of rotatable bonds is 5. The molecule has 1 heterocycles. The van der Waals surface area contributed by atoms with E-state index in [1.807, 2.05) is 6.07 Å². The molecule has 0 radical (unpaired) electrons. The summed E-state index contributed by atoms with van der Waals surface area (Å²) in [5.74, 6) is -1.45. The van der Waals surface area contributed by atoms with Gasteiger partial charge in [0.25, 0.3) is 11.5 Å². The van der Waals surface area contributed by atoms with Gasteiger partial charge in [0.05, 0.1) is 12.1 Å². The fraction of sp³-hybridized carbons (Fsp3) is 0.111. The molecule has 0 spiro atoms. The first-order chi connectivity index (χ1) is 17.0. The summed E-state index contributed by atoms with van der Waals surface area (Å²) in [5, 5.41) is -0.0115. The van der Waals surface area contributed by atoms with E-state index in [0.29, 0.717) is 11.3 Å². The summed E-state index contributed by atoms with van der Waals surface area (Å²) in [6, 6.07) is 18.1. The van der Waals surface area contributed by atoms with Crippen LogP contribution >= 0.6 is 11.6 Å². The Bertz CT molecular complexity index is 1480. The predicted octanol–water partition coefficient (Wildman–Crippen LogP) is 7.01. The molecule has 1 aromatic heterocycles. The van der Waals surface area contributed by atoms with Gasteiger partial charge in [0.1, 0.15) is 11.4 Å². The normalized spacial score (nSPS) is 11.4. The quantitative estimate of drug-likeness (QED) is 0.291. The lowest BCUT2D eigenvalue weighted by molar-refractivity contribution is -0.137. The highest BCUT2D eigenvalue weighted by molar-refractivity contribution is 6.31. The number of carbonyl (C=O) groups is 1. The second-order valence-corrected chi connectivity index (χ2v) is 8.50. The minimum atomic E-state index is -4.65. The number of alkyl halides is 3. The lowest BCUT2D eigenvalue weighted by Crippen LogP contribution is -2.35. The van der Waals surface area contributed by atoms with Crippen molar-refractivity contribution >= 4 is 23.2 Å². The fourth-order valence-corrected chi connectivity index (χ4v) is 4.02. The van der Waals surface area contributed by atoms with Crippen LogP contribution in [-0.2, 0) is 12.7 Å². The Morgan fingerprint density at radius 3 is 2.36 bits per heavy atom. The van der Waals surface area contributed by atoms with Crippen molar-refractivity contribution in [1.82, 2.24) is 4.98 Å². The van der Waals surface area contributed by atoms with E-state index in [9.17, 15) is 27.2 Å². The molecule has 0 aliphatic rings. The van der Waals surface area contributed by atoms with Crippen molar-refractivity contribution in [2.45, 2.75) is 19.6 Å². The van der Waals surface area contributed by atoms with Crippen LogP contribution in [0.2, 0.25) is 5.02 Å². The number of nitrogens with zero attached hydrogens (tertiary/aromatic N) is 1. The third-order valence-corrected chi connectivity index (χ3v) is 5.98. The second kappa shape index (κ2) is 9.99. The number of hydrogen-bond acceptors (Lipinski definition) is 2. The van der Waals surface area contributed by atoms with Crippen LogP contribution in [0.3, 0.4) is 0 Å². The average Bonchev–Trinajstić information content (AvgIpc) is 2.83. The molecule has 0 bridgehead atoms. The van der Waals surface area contributed by atoms with Gasteiger partial charge in [0.2, 0.25) is 0 Å². The van der Waals surface area contributed by atoms with Gasteiger partial charge in [0.15, 0.2) is 0 Å². The second-order valence-electron chi connectivity index (χ2n) is 8.09. The van der Waals surface area contributed by atoms with Gasteiger partial charge in [-0.3, -0.25) is 9.59 Å². The summed E-state index contributed by atoms with van der Waals surface area (Å²) >= 11 is 6.15. The van der Waals surface area contributed by atoms with Crippen molar-refractivity contribution in [3.63, 3.8) is 0 Å². The summed E-state index contributed by atoms with van der Waals surface area (Å²) in [6.45, 7) is 1.38. The smallest absolute Gasteiger partial charge is 0.325 e. The first kappa shape index (κ1) is 25.2. The van der Waals surface area contributed by atoms with Crippen molar-refractivity contribution in [1.29, 1.82) is 0 Å². The van der Waals surface area contributed by atoms with Gasteiger partial charge in [-0.1, -0.05) is 54.1 Å². The highest BCUT2D eigenvalue weighted by Gasteiger charge is 2.32. The van der Waals surface area contributed by atoms with E-state index in [4.69, 9.17) is 11.6 Å². The molecule has 4 aromatic rings. The molecule has 1 N–H and O–H groups in total. The number of anilines is 1. The van der Waals surface area contributed by atoms with Gasteiger partial charge >= 0.3 is 6.18 Å².